The van der Waals surface area contributed by atoms with Crippen molar-refractivity contribution in [3.8, 4) is 0 Å². The van der Waals surface area contributed by atoms with Gasteiger partial charge >= 0.3 is 11.9 Å². The molecule has 3 rings (SSSR count). The van der Waals surface area contributed by atoms with Crippen LogP contribution in [0.15, 0.2) is 41.4 Å². The third-order valence-electron chi connectivity index (χ3n) is 3.14. The van der Waals surface area contributed by atoms with Crippen LogP contribution < -0.4 is 5.32 Å². The Labute approximate surface area is 159 Å². The van der Waals surface area contributed by atoms with Crippen molar-refractivity contribution in [2.45, 2.75) is 12.2 Å². The summed E-state index contributed by atoms with van der Waals surface area (Å²) >= 11 is 3.52. The summed E-state index contributed by atoms with van der Waals surface area (Å²) in [7, 11) is 0. The zero-order valence-corrected chi connectivity index (χ0v) is 15.0. The molecule has 11 nitrogen and oxygen atoms in total. The van der Waals surface area contributed by atoms with Gasteiger partial charge in [0.2, 0.25) is 5.95 Å². The lowest BCUT2D eigenvalue weighted by Crippen LogP contribution is -2.39. The Balaban J connectivity index is 0.000000227. The van der Waals surface area contributed by atoms with Gasteiger partial charge in [-0.15, -0.1) is 0 Å². The number of aromatic nitrogens is 4. The number of benzene rings is 1. The Morgan fingerprint density at radius 2 is 1.63 bits per heavy atom. The Morgan fingerprint density at radius 3 is 2.19 bits per heavy atom. The van der Waals surface area contributed by atoms with E-state index >= 15 is 0 Å². The first-order valence-corrected chi connectivity index (χ1v) is 8.08. The van der Waals surface area contributed by atoms with E-state index < -0.39 is 24.1 Å². The van der Waals surface area contributed by atoms with Gasteiger partial charge in [0.25, 0.3) is 0 Å². The number of imidazole rings is 1. The van der Waals surface area contributed by atoms with Gasteiger partial charge < -0.3 is 30.7 Å². The van der Waals surface area contributed by atoms with E-state index in [4.69, 9.17) is 20.4 Å². The van der Waals surface area contributed by atoms with E-state index in [0.29, 0.717) is 5.95 Å². The number of rotatable bonds is 5. The SMILES string of the molecule is Brc1c(Nc2ncc[nH]2)ccc2nccnc12.O=C(O)C(O)C(O)C(=O)O. The number of nitrogens with zero attached hydrogens (tertiary/aromatic N) is 3. The molecule has 0 amide bonds. The number of halogens is 1. The van der Waals surface area contributed by atoms with Crippen LogP contribution in [0.4, 0.5) is 11.6 Å². The van der Waals surface area contributed by atoms with Crippen LogP contribution in [0.2, 0.25) is 0 Å². The average Bonchev–Trinajstić information content (AvgIpc) is 3.16. The molecule has 12 heteroatoms. The van der Waals surface area contributed by atoms with Crippen molar-refractivity contribution in [2.24, 2.45) is 0 Å². The molecule has 0 bridgehead atoms. The monoisotopic (exact) mass is 439 g/mol. The maximum Gasteiger partial charge on any atom is 0.335 e. The predicted octanol–water partition coefficient (Wildman–Crippen LogP) is 0.736. The molecule has 0 aliphatic rings. The normalized spacial score (nSPS) is 12.6. The summed E-state index contributed by atoms with van der Waals surface area (Å²) in [5.41, 5.74) is 2.57. The minimum atomic E-state index is -2.27. The number of carbonyl (C=O) groups is 2. The van der Waals surface area contributed by atoms with Gasteiger partial charge in [0.1, 0.15) is 5.52 Å². The third-order valence-corrected chi connectivity index (χ3v) is 3.94. The van der Waals surface area contributed by atoms with E-state index in [1.54, 1.807) is 24.8 Å². The molecule has 2 aromatic heterocycles. The number of carboxylic acid groups (broad SMARTS) is 2. The molecule has 27 heavy (non-hydrogen) atoms. The maximum atomic E-state index is 9.77. The first kappa shape index (κ1) is 20.2. The van der Waals surface area contributed by atoms with Crippen LogP contribution in [0.3, 0.4) is 0 Å². The standard InChI is InChI=1S/C11H8BrN5.C4H6O6/c12-9-7(17-11-15-5-6-16-11)1-2-8-10(9)14-4-3-13-8;5-1(3(7)8)2(6)4(9)10/h1-6H,(H2,15,16,17);1-2,5-6H,(H,7,8)(H,9,10). The minimum Gasteiger partial charge on any atom is -0.479 e. The number of nitrogens with one attached hydrogen (secondary N) is 2. The first-order chi connectivity index (χ1) is 12.8. The molecule has 0 fully saturated rings. The zero-order valence-electron chi connectivity index (χ0n) is 13.4. The Hall–Kier alpha value is -3.09. The van der Waals surface area contributed by atoms with Crippen molar-refractivity contribution in [1.29, 1.82) is 0 Å². The van der Waals surface area contributed by atoms with E-state index in [2.05, 4.69) is 41.2 Å². The molecule has 2 heterocycles. The first-order valence-electron chi connectivity index (χ1n) is 7.28. The van der Waals surface area contributed by atoms with E-state index in [9.17, 15) is 9.59 Å². The summed E-state index contributed by atoms with van der Waals surface area (Å²) in [6, 6.07) is 3.85. The topological polar surface area (TPSA) is 182 Å². The van der Waals surface area contributed by atoms with E-state index in [-0.39, 0.29) is 0 Å². The van der Waals surface area contributed by atoms with Crippen molar-refractivity contribution in [3.63, 3.8) is 0 Å². The fourth-order valence-electron chi connectivity index (χ4n) is 1.83. The number of aliphatic carboxylic acids is 2. The van der Waals surface area contributed by atoms with Gasteiger partial charge in [-0.2, -0.15) is 0 Å². The van der Waals surface area contributed by atoms with Gasteiger partial charge in [-0.25, -0.2) is 14.6 Å². The number of anilines is 2. The van der Waals surface area contributed by atoms with Crippen LogP contribution in [0.5, 0.6) is 0 Å². The number of hydrogen-bond acceptors (Lipinski definition) is 8. The van der Waals surface area contributed by atoms with Gasteiger partial charge in [-0.3, -0.25) is 9.97 Å². The molecule has 6 N–H and O–H groups in total. The summed E-state index contributed by atoms with van der Waals surface area (Å²) < 4.78 is 0.875. The van der Waals surface area contributed by atoms with Crippen LogP contribution in [-0.2, 0) is 9.59 Å². The van der Waals surface area contributed by atoms with E-state index in [0.717, 1.165) is 21.2 Å². The third kappa shape index (κ3) is 5.20. The minimum absolute atomic E-state index is 0.689. The maximum absolute atomic E-state index is 9.77. The highest BCUT2D eigenvalue weighted by Gasteiger charge is 2.29. The number of hydrogen-bond donors (Lipinski definition) is 6. The number of carboxylic acids is 2. The molecule has 1 aromatic carbocycles. The van der Waals surface area contributed by atoms with Gasteiger partial charge in [-0.1, -0.05) is 0 Å². The zero-order chi connectivity index (χ0) is 20.0. The molecule has 0 saturated heterocycles. The smallest absolute Gasteiger partial charge is 0.335 e. The average molecular weight is 440 g/mol. The second kappa shape index (κ2) is 9.02. The van der Waals surface area contributed by atoms with Crippen LogP contribution in [0.1, 0.15) is 0 Å². The molecule has 0 aliphatic heterocycles. The molecule has 2 atom stereocenters. The van der Waals surface area contributed by atoms with E-state index in [1.165, 1.54) is 0 Å². The predicted molar refractivity (Wildman–Crippen MR) is 96.4 cm³/mol. The lowest BCUT2D eigenvalue weighted by Gasteiger charge is -2.07. The summed E-state index contributed by atoms with van der Waals surface area (Å²) in [4.78, 5) is 35.2. The molecular weight excluding hydrogens is 426 g/mol. The van der Waals surface area contributed by atoms with Crippen molar-refractivity contribution >= 4 is 50.5 Å². The van der Waals surface area contributed by atoms with Gasteiger partial charge in [-0.05, 0) is 28.1 Å². The van der Waals surface area contributed by atoms with Crippen molar-refractivity contribution in [1.82, 2.24) is 19.9 Å². The molecular formula is C15H14BrN5O6. The number of H-pyrrole nitrogens is 1. The highest BCUT2D eigenvalue weighted by molar-refractivity contribution is 9.10. The van der Waals surface area contributed by atoms with Crippen LogP contribution in [0, 0.1) is 0 Å². The van der Waals surface area contributed by atoms with Gasteiger partial charge in [0.15, 0.2) is 12.2 Å². The molecule has 0 spiro atoms. The lowest BCUT2D eigenvalue weighted by atomic mass is 10.2. The summed E-state index contributed by atoms with van der Waals surface area (Å²) in [6.45, 7) is 0. The quantitative estimate of drug-likeness (QED) is 0.331. The number of aliphatic hydroxyl groups is 2. The van der Waals surface area contributed by atoms with Crippen LogP contribution >= 0.6 is 15.9 Å². The number of aromatic amines is 1. The Bertz CT molecular complexity index is 918. The summed E-state index contributed by atoms with van der Waals surface area (Å²) in [5, 5.41) is 35.7. The molecule has 2 unspecified atom stereocenters. The molecule has 0 aliphatic carbocycles. The molecule has 3 aromatic rings. The molecule has 0 saturated carbocycles. The Kier molecular flexibility index (Phi) is 6.76. The largest absolute Gasteiger partial charge is 0.479 e. The van der Waals surface area contributed by atoms with Crippen molar-refractivity contribution in [3.05, 3.63) is 41.4 Å². The fourth-order valence-corrected chi connectivity index (χ4v) is 2.37. The number of fused-ring (bicyclic) bond motifs is 1. The van der Waals surface area contributed by atoms with Crippen molar-refractivity contribution < 1.29 is 30.0 Å². The lowest BCUT2D eigenvalue weighted by molar-refractivity contribution is -0.165. The van der Waals surface area contributed by atoms with E-state index in [1.807, 2.05) is 12.1 Å². The highest BCUT2D eigenvalue weighted by atomic mass is 79.9. The highest BCUT2D eigenvalue weighted by Crippen LogP contribution is 2.30. The van der Waals surface area contributed by atoms with Gasteiger partial charge in [0.05, 0.1) is 15.7 Å². The summed E-state index contributed by atoms with van der Waals surface area (Å²) in [5.74, 6) is -2.85. The van der Waals surface area contributed by atoms with Crippen LogP contribution in [0.25, 0.3) is 11.0 Å². The summed E-state index contributed by atoms with van der Waals surface area (Å²) in [6.07, 6.45) is 2.27. The second-order valence-corrected chi connectivity index (χ2v) is 5.77. The van der Waals surface area contributed by atoms with Crippen molar-refractivity contribution in [2.75, 3.05) is 5.32 Å². The Morgan fingerprint density at radius 1 is 1.00 bits per heavy atom. The second-order valence-electron chi connectivity index (χ2n) is 4.98. The van der Waals surface area contributed by atoms with Crippen LogP contribution in [-0.4, -0.2) is 64.5 Å². The van der Waals surface area contributed by atoms with Gasteiger partial charge in [0, 0.05) is 24.8 Å². The molecule has 142 valence electrons. The fraction of sp³-hybridized carbons (Fsp3) is 0.133. The number of aliphatic hydroxyl groups excluding tert-OH is 2. The molecule has 0 radical (unpaired) electrons.